The molecule has 2 heterocycles. The number of aromatic nitrogens is 1. The van der Waals surface area contributed by atoms with Crippen molar-refractivity contribution in [3.05, 3.63) is 76.5 Å². The van der Waals surface area contributed by atoms with Crippen molar-refractivity contribution in [3.63, 3.8) is 0 Å². The Morgan fingerprint density at radius 3 is 2.61 bits per heavy atom. The molecule has 0 spiro atoms. The lowest BCUT2D eigenvalue weighted by Gasteiger charge is -2.20. The van der Waals surface area contributed by atoms with Gasteiger partial charge in [0.25, 0.3) is 15.7 Å². The summed E-state index contributed by atoms with van der Waals surface area (Å²) in [7, 11) is -3.89. The quantitative estimate of drug-likeness (QED) is 0.537. The van der Waals surface area contributed by atoms with E-state index in [1.165, 1.54) is 24.3 Å². The Morgan fingerprint density at radius 1 is 1.18 bits per heavy atom. The molecule has 0 bridgehead atoms. The number of hydrogen-bond donors (Lipinski definition) is 1. The third-order valence-electron chi connectivity index (χ3n) is 4.95. The molecule has 3 aromatic rings. The number of hydrogen-bond acceptors (Lipinski definition) is 5. The van der Waals surface area contributed by atoms with Gasteiger partial charge in [0.2, 0.25) is 0 Å². The van der Waals surface area contributed by atoms with Gasteiger partial charge in [-0.1, -0.05) is 24.3 Å². The van der Waals surface area contributed by atoms with Gasteiger partial charge in [-0.2, -0.15) is 0 Å². The van der Waals surface area contributed by atoms with Crippen molar-refractivity contribution in [2.75, 3.05) is 6.54 Å². The molecule has 0 amide bonds. The maximum Gasteiger partial charge on any atom is 0.271 e. The maximum absolute atomic E-state index is 13.3. The first-order valence-corrected chi connectivity index (χ1v) is 10.3. The molecule has 0 saturated heterocycles. The highest BCUT2D eigenvalue weighted by atomic mass is 32.2. The van der Waals surface area contributed by atoms with Crippen LogP contribution in [0, 0.1) is 10.1 Å². The zero-order valence-corrected chi connectivity index (χ0v) is 16.0. The molecule has 0 saturated carbocycles. The summed E-state index contributed by atoms with van der Waals surface area (Å²) in [5.41, 5.74) is 1.99. The van der Waals surface area contributed by atoms with Crippen LogP contribution in [0.5, 0.6) is 0 Å². The van der Waals surface area contributed by atoms with Crippen molar-refractivity contribution in [1.82, 2.24) is 9.29 Å². The predicted molar refractivity (Wildman–Crippen MR) is 108 cm³/mol. The summed E-state index contributed by atoms with van der Waals surface area (Å²) in [6, 6.07) is 12.7. The van der Waals surface area contributed by atoms with Crippen LogP contribution in [-0.4, -0.2) is 29.9 Å². The summed E-state index contributed by atoms with van der Waals surface area (Å²) in [5.74, 6) is 0. The highest BCUT2D eigenvalue weighted by molar-refractivity contribution is 7.90. The summed E-state index contributed by atoms with van der Waals surface area (Å²) in [5, 5.41) is 15.3. The molecule has 2 aromatic carbocycles. The molecule has 7 nitrogen and oxygen atoms in total. The van der Waals surface area contributed by atoms with E-state index in [0.29, 0.717) is 17.4 Å². The van der Waals surface area contributed by atoms with Gasteiger partial charge in [-0.3, -0.25) is 10.1 Å². The fraction of sp³-hybridized carbons (Fsp3) is 0.200. The van der Waals surface area contributed by atoms with Crippen LogP contribution in [-0.2, 0) is 10.0 Å². The van der Waals surface area contributed by atoms with Gasteiger partial charge in [-0.05, 0) is 37.1 Å². The largest absolute Gasteiger partial charge is 0.310 e. The second kappa shape index (κ2) is 6.88. The third-order valence-corrected chi connectivity index (χ3v) is 6.64. The lowest BCUT2D eigenvalue weighted by atomic mass is 9.96. The average molecular weight is 397 g/mol. The molecule has 0 aliphatic carbocycles. The van der Waals surface area contributed by atoms with Crippen LogP contribution in [0.2, 0.25) is 0 Å². The van der Waals surface area contributed by atoms with Gasteiger partial charge >= 0.3 is 0 Å². The van der Waals surface area contributed by atoms with E-state index in [-0.39, 0.29) is 16.6 Å². The van der Waals surface area contributed by atoms with Gasteiger partial charge in [-0.15, -0.1) is 0 Å². The first-order valence-electron chi connectivity index (χ1n) is 8.91. The van der Waals surface area contributed by atoms with Crippen molar-refractivity contribution in [3.8, 4) is 0 Å². The number of fused-ring (bicyclic) bond motifs is 1. The van der Waals surface area contributed by atoms with E-state index in [1.807, 2.05) is 6.08 Å². The first kappa shape index (κ1) is 18.4. The minimum Gasteiger partial charge on any atom is -0.310 e. The number of nitro groups is 1. The van der Waals surface area contributed by atoms with E-state index in [9.17, 15) is 18.5 Å². The molecule has 0 radical (unpaired) electrons. The Bertz CT molecular complexity index is 1200. The molecule has 144 valence electrons. The zero-order chi connectivity index (χ0) is 19.9. The topological polar surface area (TPSA) is 94.2 Å². The SMILES string of the molecule is CC1CC(c2cn(S(=O)(=O)c3ccccc3)c3cc([N+](=O)[O-])ccc23)=CCN1. The Labute approximate surface area is 162 Å². The molecule has 28 heavy (non-hydrogen) atoms. The van der Waals surface area contributed by atoms with Crippen LogP contribution in [0.4, 0.5) is 5.69 Å². The van der Waals surface area contributed by atoms with Gasteiger partial charge in [0.15, 0.2) is 0 Å². The molecule has 1 atom stereocenters. The van der Waals surface area contributed by atoms with E-state index >= 15 is 0 Å². The van der Waals surface area contributed by atoms with Crippen molar-refractivity contribution in [1.29, 1.82) is 0 Å². The molecule has 1 aliphatic rings. The monoisotopic (exact) mass is 397 g/mol. The van der Waals surface area contributed by atoms with Gasteiger partial charge in [0.05, 0.1) is 15.3 Å². The third kappa shape index (κ3) is 3.10. The maximum atomic E-state index is 13.3. The van der Waals surface area contributed by atoms with E-state index in [0.717, 1.165) is 21.5 Å². The van der Waals surface area contributed by atoms with Gasteiger partial charge < -0.3 is 5.32 Å². The Morgan fingerprint density at radius 2 is 1.93 bits per heavy atom. The lowest BCUT2D eigenvalue weighted by molar-refractivity contribution is -0.384. The number of rotatable bonds is 4. The summed E-state index contributed by atoms with van der Waals surface area (Å²) in [4.78, 5) is 10.9. The molecule has 4 rings (SSSR count). The first-order chi connectivity index (χ1) is 13.4. The second-order valence-electron chi connectivity index (χ2n) is 6.86. The highest BCUT2D eigenvalue weighted by Gasteiger charge is 2.25. The minimum atomic E-state index is -3.89. The molecule has 1 aromatic heterocycles. The summed E-state index contributed by atoms with van der Waals surface area (Å²) < 4.78 is 27.7. The zero-order valence-electron chi connectivity index (χ0n) is 15.2. The van der Waals surface area contributed by atoms with Gasteiger partial charge in [0.1, 0.15) is 0 Å². The normalized spacial score (nSPS) is 17.5. The predicted octanol–water partition coefficient (Wildman–Crippen LogP) is 3.55. The molecule has 0 fully saturated rings. The number of nitrogens with zero attached hydrogens (tertiary/aromatic N) is 2. The lowest BCUT2D eigenvalue weighted by Crippen LogP contribution is -2.29. The van der Waals surface area contributed by atoms with E-state index in [4.69, 9.17) is 0 Å². The average Bonchev–Trinajstić information content (AvgIpc) is 3.08. The van der Waals surface area contributed by atoms with Crippen LogP contribution in [0.15, 0.2) is 65.7 Å². The van der Waals surface area contributed by atoms with Crippen LogP contribution in [0.25, 0.3) is 16.5 Å². The van der Waals surface area contributed by atoms with Gasteiger partial charge in [-0.25, -0.2) is 12.4 Å². The van der Waals surface area contributed by atoms with E-state index in [2.05, 4.69) is 12.2 Å². The number of non-ortho nitro benzene ring substituents is 1. The summed E-state index contributed by atoms with van der Waals surface area (Å²) >= 11 is 0. The van der Waals surface area contributed by atoms with E-state index in [1.54, 1.807) is 30.5 Å². The van der Waals surface area contributed by atoms with Crippen LogP contribution < -0.4 is 5.32 Å². The second-order valence-corrected chi connectivity index (χ2v) is 8.67. The standard InChI is InChI=1S/C20H19N3O4S/c1-14-11-15(9-10-21-14)19-13-22(28(26,27)17-5-3-2-4-6-17)20-12-16(23(24)25)7-8-18(19)20/h2-9,12-14,21H,10-11H2,1H3. The van der Waals surface area contributed by atoms with Crippen molar-refractivity contribution in [2.45, 2.75) is 24.3 Å². The van der Waals surface area contributed by atoms with Crippen LogP contribution >= 0.6 is 0 Å². The molecular formula is C20H19N3O4S. The number of nitro benzene ring substituents is 1. The number of nitrogens with one attached hydrogen (secondary N) is 1. The van der Waals surface area contributed by atoms with Crippen LogP contribution in [0.3, 0.4) is 0 Å². The Balaban J connectivity index is 1.99. The molecule has 1 N–H and O–H groups in total. The fourth-order valence-electron chi connectivity index (χ4n) is 3.55. The van der Waals surface area contributed by atoms with Crippen molar-refractivity contribution in [2.24, 2.45) is 0 Å². The molecular weight excluding hydrogens is 378 g/mol. The molecule has 8 heteroatoms. The Hall–Kier alpha value is -2.97. The smallest absolute Gasteiger partial charge is 0.271 e. The molecule has 1 aliphatic heterocycles. The Kier molecular flexibility index (Phi) is 4.52. The van der Waals surface area contributed by atoms with E-state index < -0.39 is 14.9 Å². The van der Waals surface area contributed by atoms with Gasteiger partial charge in [0, 0.05) is 41.9 Å². The van der Waals surface area contributed by atoms with Crippen LogP contribution in [0.1, 0.15) is 18.9 Å². The van der Waals surface area contributed by atoms with Crippen molar-refractivity contribution < 1.29 is 13.3 Å². The fourth-order valence-corrected chi connectivity index (χ4v) is 4.93. The number of benzene rings is 2. The highest BCUT2D eigenvalue weighted by Crippen LogP contribution is 2.35. The minimum absolute atomic E-state index is 0.137. The summed E-state index contributed by atoms with van der Waals surface area (Å²) in [6.07, 6.45) is 4.37. The molecule has 1 unspecified atom stereocenters. The summed E-state index contributed by atoms with van der Waals surface area (Å²) in [6.45, 7) is 2.76. The van der Waals surface area contributed by atoms with Crippen molar-refractivity contribution >= 4 is 32.2 Å².